The zero-order valence-corrected chi connectivity index (χ0v) is 36.5. The maximum atomic E-state index is 2.47. The first-order valence-corrected chi connectivity index (χ1v) is 22.6. The molecule has 0 amide bonds. The molecule has 11 aromatic rings. The fourth-order valence-corrected chi connectivity index (χ4v) is 10.4. The number of rotatable bonds is 8. The number of hydrogen-bond donors (Lipinski definition) is 0. The summed E-state index contributed by atoms with van der Waals surface area (Å²) < 4.78 is 2.47. The monoisotopic (exact) mass is 830 g/mol. The van der Waals surface area contributed by atoms with Gasteiger partial charge in [-0.2, -0.15) is 0 Å². The molecule has 308 valence electrons. The van der Waals surface area contributed by atoms with Crippen molar-refractivity contribution in [2.75, 3.05) is 4.90 Å². The summed E-state index contributed by atoms with van der Waals surface area (Å²) in [5.41, 5.74) is 21.8. The minimum atomic E-state index is -0.0888. The second-order valence-corrected chi connectivity index (χ2v) is 17.7. The molecule has 2 heteroatoms. The number of aromatic nitrogens is 1. The molecule has 0 bridgehead atoms. The van der Waals surface area contributed by atoms with E-state index in [0.29, 0.717) is 0 Å². The van der Waals surface area contributed by atoms with Crippen molar-refractivity contribution in [2.45, 2.75) is 19.3 Å². The van der Waals surface area contributed by atoms with Gasteiger partial charge < -0.3 is 9.47 Å². The van der Waals surface area contributed by atoms with Crippen LogP contribution in [0.4, 0.5) is 17.1 Å². The Bertz CT molecular complexity index is 3520. The normalized spacial score (nSPS) is 12.6. The lowest BCUT2D eigenvalue weighted by molar-refractivity contribution is 0.660. The molecule has 0 saturated carbocycles. The van der Waals surface area contributed by atoms with Gasteiger partial charge >= 0.3 is 0 Å². The third-order valence-electron chi connectivity index (χ3n) is 13.6. The van der Waals surface area contributed by atoms with Gasteiger partial charge in [0.05, 0.1) is 11.0 Å². The molecular formula is C63H46N2. The van der Waals surface area contributed by atoms with Crippen molar-refractivity contribution in [3.63, 3.8) is 0 Å². The molecule has 1 heterocycles. The average molecular weight is 831 g/mol. The predicted molar refractivity (Wildman–Crippen MR) is 275 cm³/mol. The van der Waals surface area contributed by atoms with Crippen molar-refractivity contribution in [1.29, 1.82) is 0 Å². The molecule has 2 nitrogen and oxygen atoms in total. The minimum absolute atomic E-state index is 0.0888. The van der Waals surface area contributed by atoms with Crippen molar-refractivity contribution in [3.05, 3.63) is 254 Å². The van der Waals surface area contributed by atoms with Gasteiger partial charge in [-0.15, -0.1) is 0 Å². The Morgan fingerprint density at radius 3 is 1.45 bits per heavy atom. The molecule has 12 rings (SSSR count). The van der Waals surface area contributed by atoms with E-state index in [2.05, 4.69) is 266 Å². The van der Waals surface area contributed by atoms with Crippen molar-refractivity contribution in [1.82, 2.24) is 4.57 Å². The summed E-state index contributed by atoms with van der Waals surface area (Å²) in [6, 6.07) is 88.7. The number of anilines is 3. The molecule has 0 spiro atoms. The quantitative estimate of drug-likeness (QED) is 0.148. The Morgan fingerprint density at radius 1 is 0.323 bits per heavy atom. The summed E-state index contributed by atoms with van der Waals surface area (Å²) >= 11 is 0. The molecule has 1 aliphatic rings. The fourth-order valence-electron chi connectivity index (χ4n) is 10.4. The van der Waals surface area contributed by atoms with Crippen LogP contribution in [0.3, 0.4) is 0 Å². The molecule has 0 saturated heterocycles. The van der Waals surface area contributed by atoms with Crippen LogP contribution < -0.4 is 4.90 Å². The van der Waals surface area contributed by atoms with E-state index in [1.807, 2.05) is 0 Å². The first-order valence-electron chi connectivity index (χ1n) is 22.6. The highest BCUT2D eigenvalue weighted by Crippen LogP contribution is 2.50. The maximum absolute atomic E-state index is 2.47. The van der Waals surface area contributed by atoms with Crippen molar-refractivity contribution in [3.8, 4) is 61.3 Å². The van der Waals surface area contributed by atoms with E-state index >= 15 is 0 Å². The summed E-state index contributed by atoms with van der Waals surface area (Å²) in [6.07, 6.45) is 0. The summed E-state index contributed by atoms with van der Waals surface area (Å²) in [5.74, 6) is 0. The van der Waals surface area contributed by atoms with Crippen LogP contribution in [-0.2, 0) is 5.41 Å². The van der Waals surface area contributed by atoms with E-state index in [9.17, 15) is 0 Å². The molecule has 0 radical (unpaired) electrons. The van der Waals surface area contributed by atoms with Gasteiger partial charge in [0.1, 0.15) is 0 Å². The number of hydrogen-bond acceptors (Lipinski definition) is 1. The van der Waals surface area contributed by atoms with Crippen molar-refractivity contribution in [2.24, 2.45) is 0 Å². The van der Waals surface area contributed by atoms with Gasteiger partial charge in [0.2, 0.25) is 0 Å². The van der Waals surface area contributed by atoms with E-state index < -0.39 is 0 Å². The number of nitrogens with zero attached hydrogens (tertiary/aromatic N) is 2. The van der Waals surface area contributed by atoms with E-state index in [4.69, 9.17) is 0 Å². The van der Waals surface area contributed by atoms with Gasteiger partial charge in [-0.25, -0.2) is 0 Å². The SMILES string of the molecule is CC1(C)c2ccccc2-c2ccc(-n3c4ccccc4c4c(-c5cccc(N(c6ccc(-c7ccccc7)cc6)c6ccc(-c7ccc(-c8ccccc8)cc7)cc6)c5)cccc43)cc21. The van der Waals surface area contributed by atoms with Gasteiger partial charge in [0, 0.05) is 38.9 Å². The molecule has 0 N–H and O–H groups in total. The molecule has 0 aliphatic heterocycles. The van der Waals surface area contributed by atoms with E-state index in [1.165, 1.54) is 94.3 Å². The third-order valence-corrected chi connectivity index (χ3v) is 13.6. The van der Waals surface area contributed by atoms with Gasteiger partial charge in [0.15, 0.2) is 0 Å². The van der Waals surface area contributed by atoms with Crippen LogP contribution in [0.15, 0.2) is 243 Å². The number of fused-ring (bicyclic) bond motifs is 6. The molecule has 65 heavy (non-hydrogen) atoms. The maximum Gasteiger partial charge on any atom is 0.0547 e. The van der Waals surface area contributed by atoms with E-state index in [1.54, 1.807) is 0 Å². The Balaban J connectivity index is 0.961. The summed E-state index contributed by atoms with van der Waals surface area (Å²) in [7, 11) is 0. The first kappa shape index (κ1) is 38.5. The zero-order chi connectivity index (χ0) is 43.5. The highest BCUT2D eigenvalue weighted by atomic mass is 15.1. The van der Waals surface area contributed by atoms with Crippen LogP contribution in [0.5, 0.6) is 0 Å². The molecule has 0 atom stereocenters. The number of benzene rings is 10. The Hall–Kier alpha value is -8.20. The topological polar surface area (TPSA) is 8.17 Å². The standard InChI is InChI=1S/C63H46N2/c1-63(2)58-24-11-9-21-55(58)56-40-39-53(42-59(56)63)65-60-25-12-10-22-57(60)62-54(23-14-26-61(62)65)49-19-13-20-52(41-49)64(50-35-31-47(32-36-50)44-17-7-4-8-18-44)51-37-33-48(34-38-51)46-29-27-45(28-30-46)43-15-5-3-6-16-43/h3-42H,1-2H3. The van der Waals surface area contributed by atoms with Crippen LogP contribution in [0.2, 0.25) is 0 Å². The molecule has 1 aliphatic carbocycles. The molecule has 0 unspecified atom stereocenters. The summed E-state index contributed by atoms with van der Waals surface area (Å²) in [6.45, 7) is 4.72. The lowest BCUT2D eigenvalue weighted by atomic mass is 9.82. The second kappa shape index (κ2) is 15.6. The minimum Gasteiger partial charge on any atom is -0.310 e. The van der Waals surface area contributed by atoms with E-state index in [0.717, 1.165) is 17.1 Å². The fraction of sp³-hybridized carbons (Fsp3) is 0.0476. The predicted octanol–water partition coefficient (Wildman–Crippen LogP) is 17.2. The molecular weight excluding hydrogens is 785 g/mol. The van der Waals surface area contributed by atoms with Crippen LogP contribution in [0.1, 0.15) is 25.0 Å². The van der Waals surface area contributed by atoms with Crippen molar-refractivity contribution >= 4 is 38.9 Å². The summed E-state index contributed by atoms with van der Waals surface area (Å²) in [4.78, 5) is 2.38. The highest BCUT2D eigenvalue weighted by molar-refractivity contribution is 6.16. The van der Waals surface area contributed by atoms with Crippen LogP contribution in [0, 0.1) is 0 Å². The largest absolute Gasteiger partial charge is 0.310 e. The zero-order valence-electron chi connectivity index (χ0n) is 36.5. The van der Waals surface area contributed by atoms with Gasteiger partial charge in [0.25, 0.3) is 0 Å². The van der Waals surface area contributed by atoms with Gasteiger partial charge in [-0.3, -0.25) is 0 Å². The smallest absolute Gasteiger partial charge is 0.0547 e. The van der Waals surface area contributed by atoms with Crippen molar-refractivity contribution < 1.29 is 0 Å². The number of para-hydroxylation sites is 1. The molecule has 0 fully saturated rings. The Kier molecular flexibility index (Phi) is 9.21. The average Bonchev–Trinajstić information content (AvgIpc) is 3.83. The first-order chi connectivity index (χ1) is 32.0. The Morgan fingerprint density at radius 2 is 0.800 bits per heavy atom. The van der Waals surface area contributed by atoms with Crippen LogP contribution >= 0.6 is 0 Å². The molecule has 1 aromatic heterocycles. The lowest BCUT2D eigenvalue weighted by Gasteiger charge is -2.26. The Labute approximate surface area is 381 Å². The highest BCUT2D eigenvalue weighted by Gasteiger charge is 2.35. The van der Waals surface area contributed by atoms with Gasteiger partial charge in [-0.05, 0) is 127 Å². The lowest BCUT2D eigenvalue weighted by Crippen LogP contribution is -2.15. The van der Waals surface area contributed by atoms with Crippen LogP contribution in [0.25, 0.3) is 83.1 Å². The second-order valence-electron chi connectivity index (χ2n) is 17.7. The molecule has 10 aromatic carbocycles. The third kappa shape index (κ3) is 6.57. The summed E-state index contributed by atoms with van der Waals surface area (Å²) in [5, 5.41) is 2.50. The van der Waals surface area contributed by atoms with Gasteiger partial charge in [-0.1, -0.05) is 196 Å². The van der Waals surface area contributed by atoms with Crippen LogP contribution in [-0.4, -0.2) is 4.57 Å². The van der Waals surface area contributed by atoms with E-state index in [-0.39, 0.29) is 5.41 Å².